The van der Waals surface area contributed by atoms with Crippen LogP contribution >= 0.6 is 0 Å². The average Bonchev–Trinajstić information content (AvgIpc) is 2.46. The minimum Gasteiger partial charge on any atom is -0.492 e. The van der Waals surface area contributed by atoms with Crippen LogP contribution in [0.2, 0.25) is 0 Å². The first-order valence-corrected chi connectivity index (χ1v) is 6.42. The van der Waals surface area contributed by atoms with E-state index in [4.69, 9.17) is 10.5 Å². The van der Waals surface area contributed by atoms with E-state index in [1.165, 1.54) is 17.7 Å². The van der Waals surface area contributed by atoms with Crippen molar-refractivity contribution in [2.24, 2.45) is 5.73 Å². The van der Waals surface area contributed by atoms with Crippen LogP contribution in [0.5, 0.6) is 5.75 Å². The predicted molar refractivity (Wildman–Crippen MR) is 74.6 cm³/mol. The summed E-state index contributed by atoms with van der Waals surface area (Å²) in [5.41, 5.74) is 8.11. The van der Waals surface area contributed by atoms with Gasteiger partial charge in [0.2, 0.25) is 0 Å². The number of benzene rings is 2. The van der Waals surface area contributed by atoms with Crippen molar-refractivity contribution in [3.63, 3.8) is 0 Å². The molecule has 0 saturated carbocycles. The van der Waals surface area contributed by atoms with Gasteiger partial charge in [0.05, 0.1) is 6.04 Å². The zero-order valence-electron chi connectivity index (χ0n) is 11.0. The van der Waals surface area contributed by atoms with Crippen molar-refractivity contribution in [1.29, 1.82) is 0 Å². The van der Waals surface area contributed by atoms with Crippen LogP contribution in [0.1, 0.15) is 24.1 Å². The number of ether oxygens (including phenoxy) is 1. The molecule has 0 aliphatic heterocycles. The molecule has 1 atom stereocenters. The molecule has 2 rings (SSSR count). The molecule has 0 aromatic heterocycles. The summed E-state index contributed by atoms with van der Waals surface area (Å²) in [6.07, 6.45) is 0.973. The average molecular weight is 259 g/mol. The highest BCUT2D eigenvalue weighted by Crippen LogP contribution is 2.17. The van der Waals surface area contributed by atoms with Crippen molar-refractivity contribution in [2.45, 2.75) is 19.4 Å². The number of hydrogen-bond donors (Lipinski definition) is 1. The lowest BCUT2D eigenvalue weighted by Crippen LogP contribution is -2.19. The van der Waals surface area contributed by atoms with Crippen LogP contribution in [0.3, 0.4) is 0 Å². The standard InChI is InChI=1S/C16H18FNO/c1-2-12-4-3-5-15(10-12)19-11-16(18)13-6-8-14(17)9-7-13/h3-10,16H,2,11,18H2,1H3. The Labute approximate surface area is 113 Å². The Morgan fingerprint density at radius 1 is 1.16 bits per heavy atom. The van der Waals surface area contributed by atoms with Gasteiger partial charge in [0.1, 0.15) is 18.2 Å². The van der Waals surface area contributed by atoms with Crippen LogP contribution in [0, 0.1) is 5.82 Å². The zero-order valence-corrected chi connectivity index (χ0v) is 11.0. The van der Waals surface area contributed by atoms with Crippen LogP contribution in [0.15, 0.2) is 48.5 Å². The highest BCUT2D eigenvalue weighted by Gasteiger charge is 2.07. The first-order chi connectivity index (χ1) is 9.19. The fourth-order valence-corrected chi connectivity index (χ4v) is 1.85. The fourth-order valence-electron chi connectivity index (χ4n) is 1.85. The molecular formula is C16H18FNO. The van der Waals surface area contributed by atoms with Crippen molar-refractivity contribution in [3.8, 4) is 5.75 Å². The second-order valence-electron chi connectivity index (χ2n) is 4.47. The van der Waals surface area contributed by atoms with Crippen LogP contribution in [-0.2, 0) is 6.42 Å². The first-order valence-electron chi connectivity index (χ1n) is 6.42. The summed E-state index contributed by atoms with van der Waals surface area (Å²) in [4.78, 5) is 0. The van der Waals surface area contributed by atoms with E-state index in [1.54, 1.807) is 12.1 Å². The van der Waals surface area contributed by atoms with Gasteiger partial charge in [0.15, 0.2) is 0 Å². The van der Waals surface area contributed by atoms with Gasteiger partial charge in [0.25, 0.3) is 0 Å². The van der Waals surface area contributed by atoms with Crippen LogP contribution in [0.4, 0.5) is 4.39 Å². The molecule has 0 aliphatic carbocycles. The third-order valence-electron chi connectivity index (χ3n) is 3.03. The van der Waals surface area contributed by atoms with E-state index >= 15 is 0 Å². The molecule has 0 bridgehead atoms. The normalized spacial score (nSPS) is 12.2. The second-order valence-corrected chi connectivity index (χ2v) is 4.47. The third kappa shape index (κ3) is 3.80. The number of nitrogens with two attached hydrogens (primary N) is 1. The maximum absolute atomic E-state index is 12.8. The number of rotatable bonds is 5. The molecule has 2 nitrogen and oxygen atoms in total. The molecule has 0 saturated heterocycles. The summed E-state index contributed by atoms with van der Waals surface area (Å²) in [6.45, 7) is 2.47. The van der Waals surface area contributed by atoms with Crippen LogP contribution in [-0.4, -0.2) is 6.61 Å². The van der Waals surface area contributed by atoms with Gasteiger partial charge in [-0.2, -0.15) is 0 Å². The fraction of sp³-hybridized carbons (Fsp3) is 0.250. The zero-order chi connectivity index (χ0) is 13.7. The van der Waals surface area contributed by atoms with Gasteiger partial charge in [-0.25, -0.2) is 4.39 Å². The molecule has 100 valence electrons. The number of hydrogen-bond acceptors (Lipinski definition) is 2. The summed E-state index contributed by atoms with van der Waals surface area (Å²) in [6, 6.07) is 13.9. The quantitative estimate of drug-likeness (QED) is 0.892. The smallest absolute Gasteiger partial charge is 0.123 e. The van der Waals surface area contributed by atoms with Crippen molar-refractivity contribution in [3.05, 3.63) is 65.5 Å². The molecule has 2 aromatic rings. The molecular weight excluding hydrogens is 241 g/mol. The maximum Gasteiger partial charge on any atom is 0.123 e. The Hall–Kier alpha value is -1.87. The number of aryl methyl sites for hydroxylation is 1. The Kier molecular flexibility index (Phi) is 4.53. The lowest BCUT2D eigenvalue weighted by atomic mass is 10.1. The van der Waals surface area contributed by atoms with Crippen molar-refractivity contribution in [1.82, 2.24) is 0 Å². The predicted octanol–water partition coefficient (Wildman–Crippen LogP) is 3.47. The molecule has 0 spiro atoms. The van der Waals surface area contributed by atoms with Crippen LogP contribution < -0.4 is 10.5 Å². The summed E-state index contributed by atoms with van der Waals surface area (Å²) in [7, 11) is 0. The molecule has 0 heterocycles. The van der Waals surface area contributed by atoms with Gasteiger partial charge >= 0.3 is 0 Å². The lowest BCUT2D eigenvalue weighted by molar-refractivity contribution is 0.290. The minimum absolute atomic E-state index is 0.257. The molecule has 2 N–H and O–H groups in total. The molecule has 0 aliphatic rings. The molecule has 0 fully saturated rings. The summed E-state index contributed by atoms with van der Waals surface area (Å²) < 4.78 is 18.5. The molecule has 19 heavy (non-hydrogen) atoms. The molecule has 1 unspecified atom stereocenters. The third-order valence-corrected chi connectivity index (χ3v) is 3.03. The van der Waals surface area contributed by atoms with E-state index in [-0.39, 0.29) is 11.9 Å². The molecule has 3 heteroatoms. The topological polar surface area (TPSA) is 35.2 Å². The Morgan fingerprint density at radius 2 is 1.89 bits per heavy atom. The molecule has 0 amide bonds. The second kappa shape index (κ2) is 6.34. The van der Waals surface area contributed by atoms with E-state index in [0.29, 0.717) is 6.61 Å². The SMILES string of the molecule is CCc1cccc(OCC(N)c2ccc(F)cc2)c1. The Balaban J connectivity index is 1.96. The Bertz CT molecular complexity index is 525. The monoisotopic (exact) mass is 259 g/mol. The highest BCUT2D eigenvalue weighted by atomic mass is 19.1. The minimum atomic E-state index is -0.258. The van der Waals surface area contributed by atoms with Gasteiger partial charge in [-0.3, -0.25) is 0 Å². The van der Waals surface area contributed by atoms with Crippen molar-refractivity contribution < 1.29 is 9.13 Å². The first kappa shape index (κ1) is 13.6. The number of halogens is 1. The van der Waals surface area contributed by atoms with Gasteiger partial charge < -0.3 is 10.5 Å². The van der Waals surface area contributed by atoms with Gasteiger partial charge in [-0.15, -0.1) is 0 Å². The lowest BCUT2D eigenvalue weighted by Gasteiger charge is -2.14. The van der Waals surface area contributed by atoms with Gasteiger partial charge in [-0.05, 0) is 41.8 Å². The maximum atomic E-state index is 12.8. The summed E-state index contributed by atoms with van der Waals surface area (Å²) in [5.74, 6) is 0.560. The van der Waals surface area contributed by atoms with E-state index in [0.717, 1.165) is 17.7 Å². The highest BCUT2D eigenvalue weighted by molar-refractivity contribution is 5.28. The van der Waals surface area contributed by atoms with Gasteiger partial charge in [0, 0.05) is 0 Å². The van der Waals surface area contributed by atoms with Gasteiger partial charge in [-0.1, -0.05) is 31.2 Å². The van der Waals surface area contributed by atoms with Crippen LogP contribution in [0.25, 0.3) is 0 Å². The Morgan fingerprint density at radius 3 is 2.58 bits per heavy atom. The van der Waals surface area contributed by atoms with E-state index in [2.05, 4.69) is 13.0 Å². The van der Waals surface area contributed by atoms with E-state index < -0.39 is 0 Å². The van der Waals surface area contributed by atoms with E-state index in [1.807, 2.05) is 18.2 Å². The summed E-state index contributed by atoms with van der Waals surface area (Å²) >= 11 is 0. The molecule has 2 aromatic carbocycles. The van der Waals surface area contributed by atoms with Crippen molar-refractivity contribution in [2.75, 3.05) is 6.61 Å². The largest absolute Gasteiger partial charge is 0.492 e. The summed E-state index contributed by atoms with van der Waals surface area (Å²) in [5, 5.41) is 0. The van der Waals surface area contributed by atoms with E-state index in [9.17, 15) is 4.39 Å². The molecule has 0 radical (unpaired) electrons. The van der Waals surface area contributed by atoms with Crippen molar-refractivity contribution >= 4 is 0 Å².